The van der Waals surface area contributed by atoms with Crippen molar-refractivity contribution in [1.82, 2.24) is 5.32 Å². The van der Waals surface area contributed by atoms with E-state index >= 15 is 4.39 Å². The Labute approximate surface area is 477 Å². The molecular formula is C60H75FN4O17. The first kappa shape index (κ1) is 63.2. The van der Waals surface area contributed by atoms with E-state index in [4.69, 9.17) is 67.1 Å². The number of carbonyl (C=O) groups is 4. The van der Waals surface area contributed by atoms with Crippen molar-refractivity contribution in [2.45, 2.75) is 179 Å². The molecule has 0 aliphatic carbocycles. The number of alkyl halides is 1. The van der Waals surface area contributed by atoms with Gasteiger partial charge >= 0.3 is 17.9 Å². The first-order chi connectivity index (χ1) is 39.8. The fourth-order valence-electron chi connectivity index (χ4n) is 10.0. The second-order valence-corrected chi connectivity index (χ2v) is 20.1. The van der Waals surface area contributed by atoms with Gasteiger partial charge in [-0.1, -0.05) is 139 Å². The van der Waals surface area contributed by atoms with E-state index < -0.39 is 123 Å². The number of carbonyl (C=O) groups excluding carboxylic acids is 4. The molecule has 3 aliphatic heterocycles. The van der Waals surface area contributed by atoms with Gasteiger partial charge in [0.1, 0.15) is 55.4 Å². The smallest absolute Gasteiger partial charge is 0.303 e. The zero-order valence-corrected chi connectivity index (χ0v) is 46.9. The molecule has 4 aromatic rings. The van der Waals surface area contributed by atoms with Crippen molar-refractivity contribution in [2.75, 3.05) is 26.4 Å². The molecule has 0 radical (unpaired) electrons. The third-order valence-corrected chi connectivity index (χ3v) is 13.7. The summed E-state index contributed by atoms with van der Waals surface area (Å²) in [4.78, 5) is 54.9. The first-order valence-electron chi connectivity index (χ1n) is 27.6. The highest BCUT2D eigenvalue weighted by atomic mass is 19.1. The molecule has 0 spiro atoms. The summed E-state index contributed by atoms with van der Waals surface area (Å²) in [5, 5.41) is 6.62. The average Bonchev–Trinajstić information content (AvgIpc) is 3.59. The van der Waals surface area contributed by atoms with Gasteiger partial charge in [0.2, 0.25) is 5.91 Å². The minimum absolute atomic E-state index is 0.0543. The molecule has 0 unspecified atom stereocenters. The summed E-state index contributed by atoms with van der Waals surface area (Å²) in [6.45, 7) is 5.82. The normalized spacial score (nSPS) is 28.0. The van der Waals surface area contributed by atoms with Crippen molar-refractivity contribution in [3.63, 3.8) is 0 Å². The van der Waals surface area contributed by atoms with Crippen LogP contribution in [0, 0.1) is 0 Å². The number of azide groups is 1. The number of hydrogen-bond acceptors (Lipinski definition) is 18. The van der Waals surface area contributed by atoms with Gasteiger partial charge in [-0.15, -0.1) is 0 Å². The van der Waals surface area contributed by atoms with Gasteiger partial charge in [-0.05, 0) is 47.6 Å². The molecule has 3 saturated heterocycles. The van der Waals surface area contributed by atoms with Crippen molar-refractivity contribution >= 4 is 23.8 Å². The van der Waals surface area contributed by atoms with Crippen LogP contribution in [0.4, 0.5) is 4.39 Å². The molecule has 444 valence electrons. The Bertz CT molecular complexity index is 2610. The SMILES string of the molecule is CC(=O)N[C@H]1[C@H](OCCCCCCN=[N+]=[N-])O[C@H](COCc2ccccc2)[C@@H](O[C@@H]2O[C@H](CF)[C@H](OC(C)=O)[C@H](OC(C)=O)[C@H]2OC(C)=O)[C@@H]1O[C@@H]1O[C@@H](C)[C@@H](OCc2ccccc2)[C@@H](OCc2ccccc2)[C@@H]1OCc1ccccc1. The van der Waals surface area contributed by atoms with Crippen LogP contribution in [-0.4, -0.2) is 142 Å². The van der Waals surface area contributed by atoms with Crippen molar-refractivity contribution < 1.29 is 85.1 Å². The predicted molar refractivity (Wildman–Crippen MR) is 291 cm³/mol. The zero-order valence-electron chi connectivity index (χ0n) is 46.9. The molecule has 15 atom stereocenters. The number of nitrogens with one attached hydrogen (secondary N) is 1. The predicted octanol–water partition coefficient (Wildman–Crippen LogP) is 8.08. The van der Waals surface area contributed by atoms with Gasteiger partial charge in [-0.25, -0.2) is 4.39 Å². The summed E-state index contributed by atoms with van der Waals surface area (Å²) < 4.78 is 100. The third kappa shape index (κ3) is 19.1. The Kier molecular flexibility index (Phi) is 25.5. The monoisotopic (exact) mass is 1140 g/mol. The van der Waals surface area contributed by atoms with Gasteiger partial charge in [0.15, 0.2) is 37.2 Å². The molecule has 0 saturated carbocycles. The van der Waals surface area contributed by atoms with Crippen molar-refractivity contribution in [2.24, 2.45) is 5.11 Å². The Morgan fingerprint density at radius 2 is 1.00 bits per heavy atom. The number of rotatable bonds is 30. The van der Waals surface area contributed by atoms with Gasteiger partial charge in [0.05, 0.1) is 39.1 Å². The van der Waals surface area contributed by atoms with Crippen LogP contribution < -0.4 is 5.32 Å². The van der Waals surface area contributed by atoms with Crippen LogP contribution in [0.5, 0.6) is 0 Å². The van der Waals surface area contributed by atoms with Crippen LogP contribution in [0.25, 0.3) is 10.4 Å². The molecule has 4 aromatic carbocycles. The fraction of sp³-hybridized carbons (Fsp3) is 0.533. The second-order valence-electron chi connectivity index (χ2n) is 20.1. The number of esters is 3. The molecule has 7 rings (SSSR count). The van der Waals surface area contributed by atoms with E-state index in [9.17, 15) is 19.2 Å². The Balaban J connectivity index is 1.34. The van der Waals surface area contributed by atoms with Crippen LogP contribution in [0.15, 0.2) is 126 Å². The highest BCUT2D eigenvalue weighted by Crippen LogP contribution is 2.38. The van der Waals surface area contributed by atoms with Gasteiger partial charge < -0.3 is 66.9 Å². The van der Waals surface area contributed by atoms with Crippen molar-refractivity contribution in [1.29, 1.82) is 0 Å². The van der Waals surface area contributed by atoms with Gasteiger partial charge in [0, 0.05) is 45.8 Å². The minimum Gasteiger partial charge on any atom is -0.456 e. The van der Waals surface area contributed by atoms with Crippen LogP contribution in [-0.2, 0) is 107 Å². The number of halogens is 1. The lowest BCUT2D eigenvalue weighted by molar-refractivity contribution is -0.379. The summed E-state index contributed by atoms with van der Waals surface area (Å²) in [5.41, 5.74) is 12.2. The summed E-state index contributed by atoms with van der Waals surface area (Å²) in [6.07, 6.45) is -16.1. The Morgan fingerprint density at radius 1 is 0.524 bits per heavy atom. The molecule has 3 aliphatic rings. The average molecular weight is 1140 g/mol. The summed E-state index contributed by atoms with van der Waals surface area (Å²) >= 11 is 0. The van der Waals surface area contributed by atoms with E-state index in [2.05, 4.69) is 15.3 Å². The largest absolute Gasteiger partial charge is 0.456 e. The van der Waals surface area contributed by atoms with Gasteiger partial charge in [-0.2, -0.15) is 0 Å². The molecule has 21 nitrogen and oxygen atoms in total. The maximum Gasteiger partial charge on any atom is 0.303 e. The van der Waals surface area contributed by atoms with Crippen LogP contribution >= 0.6 is 0 Å². The highest BCUT2D eigenvalue weighted by Gasteiger charge is 2.58. The molecule has 1 amide bonds. The van der Waals surface area contributed by atoms with E-state index in [-0.39, 0.29) is 39.6 Å². The summed E-state index contributed by atoms with van der Waals surface area (Å²) in [5.74, 6) is -3.15. The topological polar surface area (TPSA) is 249 Å². The quantitative estimate of drug-likeness (QED) is 0.0129. The van der Waals surface area contributed by atoms with Crippen LogP contribution in [0.3, 0.4) is 0 Å². The summed E-state index contributed by atoms with van der Waals surface area (Å²) in [6, 6.07) is 36.8. The van der Waals surface area contributed by atoms with E-state index in [1.165, 1.54) is 6.92 Å². The van der Waals surface area contributed by atoms with Crippen LogP contribution in [0.1, 0.15) is 82.6 Å². The number of benzene rings is 4. The fourth-order valence-corrected chi connectivity index (χ4v) is 10.0. The van der Waals surface area contributed by atoms with Crippen LogP contribution in [0.2, 0.25) is 0 Å². The second kappa shape index (κ2) is 33.0. The maximum absolute atomic E-state index is 15.4. The molecule has 22 heteroatoms. The summed E-state index contributed by atoms with van der Waals surface area (Å²) in [7, 11) is 0. The molecule has 1 N–H and O–H groups in total. The number of ether oxygens (including phenoxy) is 13. The maximum atomic E-state index is 15.4. The van der Waals surface area contributed by atoms with E-state index in [0.717, 1.165) is 49.4 Å². The molecule has 0 bridgehead atoms. The number of nitrogens with zero attached hydrogens (tertiary/aromatic N) is 3. The van der Waals surface area contributed by atoms with E-state index in [0.29, 0.717) is 25.8 Å². The van der Waals surface area contributed by atoms with Gasteiger partial charge in [-0.3, -0.25) is 19.2 Å². The lowest BCUT2D eigenvalue weighted by atomic mass is 9.94. The number of amides is 1. The lowest BCUT2D eigenvalue weighted by Crippen LogP contribution is -2.70. The Hall–Kier alpha value is -6.40. The third-order valence-electron chi connectivity index (χ3n) is 13.7. The molecule has 3 heterocycles. The minimum atomic E-state index is -1.81. The molecule has 0 aromatic heterocycles. The molecular weight excluding hydrogens is 1070 g/mol. The Morgan fingerprint density at radius 3 is 1.54 bits per heavy atom. The molecule has 82 heavy (non-hydrogen) atoms. The van der Waals surface area contributed by atoms with E-state index in [1.807, 2.05) is 128 Å². The van der Waals surface area contributed by atoms with Gasteiger partial charge in [0.25, 0.3) is 0 Å². The number of unbranched alkanes of at least 4 members (excludes halogenated alkanes) is 3. The van der Waals surface area contributed by atoms with Crippen molar-refractivity contribution in [3.05, 3.63) is 154 Å². The standard InChI is InChI=1S/C60H75FN4O17/c1-38-50(72-34-44-24-14-9-15-25-44)54(73-35-45-26-16-10-17-27-45)56(74-36-46-28-18-11-19-29-46)59(75-38)82-53-49(64-39(2)66)58(71-31-21-7-6-20-30-63-65-62)80-48(37-70-33-43-22-12-8-13-23-43)52(53)81-60-57(78-42(5)69)55(77-41(4)68)51(76-40(3)67)47(32-61)79-60/h8-19,22-29,38,47-60H,6-7,20-21,30-37H2,1-5H3,(H,64,66)/t38-,47+,48+,49+,50+,51-,52+,53+,54+,55-,56-,57+,58+,59-,60-/m0/s1. The first-order valence-corrected chi connectivity index (χ1v) is 27.6. The zero-order chi connectivity index (χ0) is 58.2. The van der Waals surface area contributed by atoms with E-state index in [1.54, 1.807) is 0 Å². The number of hydrogen-bond donors (Lipinski definition) is 1. The molecule has 3 fully saturated rings. The van der Waals surface area contributed by atoms with Crippen molar-refractivity contribution in [3.8, 4) is 0 Å². The highest BCUT2D eigenvalue weighted by molar-refractivity contribution is 5.73. The lowest BCUT2D eigenvalue weighted by Gasteiger charge is -2.51.